The van der Waals surface area contributed by atoms with E-state index in [4.69, 9.17) is 4.74 Å². The second-order valence-electron chi connectivity index (χ2n) is 7.03. The van der Waals surface area contributed by atoms with Crippen molar-refractivity contribution in [3.8, 4) is 0 Å². The van der Waals surface area contributed by atoms with Gasteiger partial charge < -0.3 is 14.5 Å². The third kappa shape index (κ3) is 4.08. The molecule has 0 saturated carbocycles. The van der Waals surface area contributed by atoms with E-state index in [0.29, 0.717) is 26.2 Å². The molecule has 0 aromatic rings. The highest BCUT2D eigenvalue weighted by Gasteiger charge is 2.37. The van der Waals surface area contributed by atoms with E-state index >= 15 is 0 Å². The highest BCUT2D eigenvalue weighted by Crippen LogP contribution is 2.25. The highest BCUT2D eigenvalue weighted by molar-refractivity contribution is 5.81. The predicted octanol–water partition coefficient (Wildman–Crippen LogP) is 2.06. The molecule has 0 unspecified atom stereocenters. The SMILES string of the molecule is CC(C)(C)OC(=O)N1CCC[C@H](C(=O)N2CC(CF)C2)C1. The Bertz CT molecular complexity index is 402. The number of halogens is 1. The van der Waals surface area contributed by atoms with Crippen LogP contribution in [0.2, 0.25) is 0 Å². The van der Waals surface area contributed by atoms with Crippen LogP contribution in [0.4, 0.5) is 9.18 Å². The number of alkyl halides is 1. The van der Waals surface area contributed by atoms with Crippen molar-refractivity contribution in [1.82, 2.24) is 9.80 Å². The van der Waals surface area contributed by atoms with Gasteiger partial charge in [0.05, 0.1) is 12.6 Å². The maximum Gasteiger partial charge on any atom is 0.410 e. The van der Waals surface area contributed by atoms with Crippen molar-refractivity contribution in [2.24, 2.45) is 11.8 Å². The maximum absolute atomic E-state index is 12.4. The van der Waals surface area contributed by atoms with E-state index in [9.17, 15) is 14.0 Å². The molecule has 21 heavy (non-hydrogen) atoms. The van der Waals surface area contributed by atoms with Crippen molar-refractivity contribution in [3.05, 3.63) is 0 Å². The summed E-state index contributed by atoms with van der Waals surface area (Å²) < 4.78 is 17.8. The molecule has 0 N–H and O–H groups in total. The monoisotopic (exact) mass is 300 g/mol. The van der Waals surface area contributed by atoms with Gasteiger partial charge in [-0.05, 0) is 33.6 Å². The fourth-order valence-corrected chi connectivity index (χ4v) is 2.78. The van der Waals surface area contributed by atoms with Crippen LogP contribution >= 0.6 is 0 Å². The summed E-state index contributed by atoms with van der Waals surface area (Å²) in [5.74, 6) is -0.126. The van der Waals surface area contributed by atoms with Crippen LogP contribution in [0, 0.1) is 11.8 Å². The molecule has 1 atom stereocenters. The molecule has 0 aliphatic carbocycles. The average Bonchev–Trinajstić information content (AvgIpc) is 2.35. The van der Waals surface area contributed by atoms with Crippen molar-refractivity contribution < 1.29 is 18.7 Å². The third-order valence-electron chi connectivity index (χ3n) is 3.91. The van der Waals surface area contributed by atoms with Crippen molar-refractivity contribution in [2.45, 2.75) is 39.2 Å². The third-order valence-corrected chi connectivity index (χ3v) is 3.91. The molecule has 2 amide bonds. The largest absolute Gasteiger partial charge is 0.444 e. The summed E-state index contributed by atoms with van der Waals surface area (Å²) in [5.41, 5.74) is -0.528. The summed E-state index contributed by atoms with van der Waals surface area (Å²) in [6.07, 6.45) is 1.23. The molecule has 120 valence electrons. The first-order valence-electron chi connectivity index (χ1n) is 7.63. The number of likely N-dealkylation sites (tertiary alicyclic amines) is 2. The van der Waals surface area contributed by atoms with Gasteiger partial charge in [-0.2, -0.15) is 0 Å². The maximum atomic E-state index is 12.4. The van der Waals surface area contributed by atoms with Crippen LogP contribution in [0.3, 0.4) is 0 Å². The molecule has 0 bridgehead atoms. The molecule has 2 heterocycles. The van der Waals surface area contributed by atoms with Gasteiger partial charge in [-0.1, -0.05) is 0 Å². The van der Waals surface area contributed by atoms with E-state index < -0.39 is 5.60 Å². The van der Waals surface area contributed by atoms with Gasteiger partial charge in [0.1, 0.15) is 5.60 Å². The number of nitrogens with zero attached hydrogens (tertiary/aromatic N) is 2. The molecule has 6 heteroatoms. The molecule has 0 radical (unpaired) electrons. The predicted molar refractivity (Wildman–Crippen MR) is 76.6 cm³/mol. The molecular formula is C15H25FN2O3. The van der Waals surface area contributed by atoms with Gasteiger partial charge in [-0.3, -0.25) is 9.18 Å². The van der Waals surface area contributed by atoms with Crippen LogP contribution in [-0.2, 0) is 9.53 Å². The summed E-state index contributed by atoms with van der Waals surface area (Å²) in [6.45, 7) is 7.18. The molecule has 2 saturated heterocycles. The van der Waals surface area contributed by atoms with E-state index in [1.54, 1.807) is 9.80 Å². The van der Waals surface area contributed by atoms with E-state index in [1.165, 1.54) is 0 Å². The minimum absolute atomic E-state index is 0.000463. The number of amides is 2. The van der Waals surface area contributed by atoms with Crippen LogP contribution < -0.4 is 0 Å². The molecule has 0 aromatic carbocycles. The summed E-state index contributed by atoms with van der Waals surface area (Å²) in [6, 6.07) is 0. The smallest absolute Gasteiger partial charge is 0.410 e. The highest BCUT2D eigenvalue weighted by atomic mass is 19.1. The Balaban J connectivity index is 1.86. The topological polar surface area (TPSA) is 49.9 Å². The molecule has 2 rings (SSSR count). The lowest BCUT2D eigenvalue weighted by molar-refractivity contribution is -0.144. The number of ether oxygens (including phenoxy) is 1. The van der Waals surface area contributed by atoms with Crippen molar-refractivity contribution in [3.63, 3.8) is 0 Å². The lowest BCUT2D eigenvalue weighted by Crippen LogP contribution is -2.55. The summed E-state index contributed by atoms with van der Waals surface area (Å²) in [5, 5.41) is 0. The number of hydrogen-bond donors (Lipinski definition) is 0. The quantitative estimate of drug-likeness (QED) is 0.784. The Kier molecular flexibility index (Phi) is 4.74. The fourth-order valence-electron chi connectivity index (χ4n) is 2.78. The summed E-state index contributed by atoms with van der Waals surface area (Å²) in [7, 11) is 0. The second-order valence-corrected chi connectivity index (χ2v) is 7.03. The standard InChI is InChI=1S/C15H25FN2O3/c1-15(2,3)21-14(20)17-6-4-5-12(10-17)13(19)18-8-11(7-16)9-18/h11-12H,4-10H2,1-3H3/t12-/m0/s1. The summed E-state index contributed by atoms with van der Waals surface area (Å²) >= 11 is 0. The van der Waals surface area contributed by atoms with E-state index in [1.807, 2.05) is 20.8 Å². The molecule has 2 aliphatic heterocycles. The van der Waals surface area contributed by atoms with E-state index in [2.05, 4.69) is 0 Å². The van der Waals surface area contributed by atoms with E-state index in [0.717, 1.165) is 12.8 Å². The Morgan fingerprint density at radius 2 is 1.86 bits per heavy atom. The lowest BCUT2D eigenvalue weighted by atomic mass is 9.93. The van der Waals surface area contributed by atoms with Gasteiger partial charge in [-0.25, -0.2) is 4.79 Å². The molecule has 0 spiro atoms. The first kappa shape index (κ1) is 16.0. The van der Waals surface area contributed by atoms with Crippen molar-refractivity contribution >= 4 is 12.0 Å². The lowest BCUT2D eigenvalue weighted by Gasteiger charge is -2.42. The van der Waals surface area contributed by atoms with Crippen LogP contribution in [0.5, 0.6) is 0 Å². The Labute approximate surface area is 125 Å². The first-order valence-corrected chi connectivity index (χ1v) is 7.63. The zero-order valence-corrected chi connectivity index (χ0v) is 13.1. The summed E-state index contributed by atoms with van der Waals surface area (Å²) in [4.78, 5) is 27.7. The number of carbonyl (C=O) groups excluding carboxylic acids is 2. The van der Waals surface area contributed by atoms with Crippen molar-refractivity contribution in [1.29, 1.82) is 0 Å². The number of hydrogen-bond acceptors (Lipinski definition) is 3. The van der Waals surface area contributed by atoms with E-state index in [-0.39, 0.29) is 30.5 Å². The Morgan fingerprint density at radius 1 is 1.19 bits per heavy atom. The average molecular weight is 300 g/mol. The molecule has 2 aliphatic rings. The number of piperidine rings is 1. The van der Waals surface area contributed by atoms with Crippen LogP contribution in [0.25, 0.3) is 0 Å². The molecule has 2 fully saturated rings. The zero-order chi connectivity index (χ0) is 15.6. The fraction of sp³-hybridized carbons (Fsp3) is 0.867. The van der Waals surface area contributed by atoms with Crippen LogP contribution in [0.15, 0.2) is 0 Å². The Hall–Kier alpha value is -1.33. The van der Waals surface area contributed by atoms with Crippen molar-refractivity contribution in [2.75, 3.05) is 32.9 Å². The van der Waals surface area contributed by atoms with Gasteiger partial charge in [0, 0.05) is 32.1 Å². The van der Waals surface area contributed by atoms with Crippen LogP contribution in [-0.4, -0.2) is 60.3 Å². The number of rotatable bonds is 2. The second kappa shape index (κ2) is 6.20. The van der Waals surface area contributed by atoms with Gasteiger partial charge in [0.2, 0.25) is 5.91 Å². The molecule has 5 nitrogen and oxygen atoms in total. The van der Waals surface area contributed by atoms with Gasteiger partial charge in [0.15, 0.2) is 0 Å². The minimum Gasteiger partial charge on any atom is -0.444 e. The molecular weight excluding hydrogens is 275 g/mol. The number of carbonyl (C=O) groups is 2. The van der Waals surface area contributed by atoms with Gasteiger partial charge in [0.25, 0.3) is 0 Å². The van der Waals surface area contributed by atoms with Gasteiger partial charge in [-0.15, -0.1) is 0 Å². The van der Waals surface area contributed by atoms with Gasteiger partial charge >= 0.3 is 6.09 Å². The normalized spacial score (nSPS) is 23.7. The van der Waals surface area contributed by atoms with Crippen LogP contribution in [0.1, 0.15) is 33.6 Å². The Morgan fingerprint density at radius 3 is 2.43 bits per heavy atom. The minimum atomic E-state index is -0.528. The first-order chi connectivity index (χ1) is 9.80. The zero-order valence-electron chi connectivity index (χ0n) is 13.1. The molecule has 0 aromatic heterocycles.